The number of methoxy groups -OCH3 is 1. The molecule has 2 atom stereocenters. The van der Waals surface area contributed by atoms with Crippen LogP contribution in [-0.2, 0) is 11.2 Å². The van der Waals surface area contributed by atoms with Gasteiger partial charge in [-0.25, -0.2) is 4.98 Å². The Labute approximate surface area is 134 Å². The van der Waals surface area contributed by atoms with Crippen molar-refractivity contribution in [3.8, 4) is 5.75 Å². The molecule has 0 aliphatic heterocycles. The predicted octanol–water partition coefficient (Wildman–Crippen LogP) is 1.97. The number of ether oxygens (including phenoxy) is 1. The summed E-state index contributed by atoms with van der Waals surface area (Å²) in [6.45, 7) is 1.72. The maximum Gasteiger partial charge on any atom is 0.227 e. The summed E-state index contributed by atoms with van der Waals surface area (Å²) >= 11 is 1.51. The molecule has 2 aromatic rings. The number of carbonyl (C=O) groups excluding carboxylic acids is 1. The summed E-state index contributed by atoms with van der Waals surface area (Å²) in [5.41, 5.74) is 0.878. The number of aliphatic hydroxyl groups excluding tert-OH is 1. The average molecular weight is 320 g/mol. The molecular formula is C16H20N2O3S. The summed E-state index contributed by atoms with van der Waals surface area (Å²) in [4.78, 5) is 16.5. The van der Waals surface area contributed by atoms with Crippen molar-refractivity contribution in [2.75, 3.05) is 13.7 Å². The van der Waals surface area contributed by atoms with Crippen LogP contribution >= 0.6 is 11.3 Å². The molecule has 1 aromatic carbocycles. The second-order valence-corrected chi connectivity index (χ2v) is 6.00. The van der Waals surface area contributed by atoms with E-state index in [4.69, 9.17) is 4.74 Å². The molecule has 0 aliphatic carbocycles. The first-order valence-corrected chi connectivity index (χ1v) is 7.95. The number of aromatic nitrogens is 1. The highest BCUT2D eigenvalue weighted by Gasteiger charge is 2.20. The fourth-order valence-electron chi connectivity index (χ4n) is 2.11. The van der Waals surface area contributed by atoms with E-state index in [1.807, 2.05) is 36.6 Å². The van der Waals surface area contributed by atoms with Gasteiger partial charge in [0.1, 0.15) is 5.75 Å². The fraction of sp³-hybridized carbons (Fsp3) is 0.375. The van der Waals surface area contributed by atoms with Crippen LogP contribution in [0.2, 0.25) is 0 Å². The normalized spacial score (nSPS) is 13.4. The lowest BCUT2D eigenvalue weighted by atomic mass is 9.99. The van der Waals surface area contributed by atoms with Gasteiger partial charge in [-0.1, -0.05) is 12.1 Å². The molecule has 6 heteroatoms. The number of benzene rings is 1. The van der Waals surface area contributed by atoms with Gasteiger partial charge in [-0.05, 0) is 24.6 Å². The standard InChI is InChI=1S/C16H20N2O3S/c1-11(12-4-3-5-14(8-12)21-2)16(20)18-13(10-19)9-15-17-6-7-22-15/h3-8,11,13,19H,9-10H2,1-2H3,(H,18,20). The SMILES string of the molecule is COc1cccc(C(C)C(=O)NC(CO)Cc2nccs2)c1. The Hall–Kier alpha value is -1.92. The van der Waals surface area contributed by atoms with Crippen LogP contribution in [0.3, 0.4) is 0 Å². The minimum atomic E-state index is -0.327. The molecule has 0 fully saturated rings. The quantitative estimate of drug-likeness (QED) is 0.818. The molecule has 2 unspecified atom stereocenters. The second-order valence-electron chi connectivity index (χ2n) is 5.02. The van der Waals surface area contributed by atoms with Crippen molar-refractivity contribution in [2.24, 2.45) is 0 Å². The smallest absolute Gasteiger partial charge is 0.227 e. The van der Waals surface area contributed by atoms with Gasteiger partial charge in [-0.2, -0.15) is 0 Å². The van der Waals surface area contributed by atoms with Gasteiger partial charge in [0.05, 0.1) is 30.7 Å². The molecular weight excluding hydrogens is 300 g/mol. The van der Waals surface area contributed by atoms with Crippen molar-refractivity contribution in [1.29, 1.82) is 0 Å². The molecule has 118 valence electrons. The molecule has 5 nitrogen and oxygen atoms in total. The Morgan fingerprint density at radius 3 is 2.95 bits per heavy atom. The maximum atomic E-state index is 12.4. The lowest BCUT2D eigenvalue weighted by molar-refractivity contribution is -0.123. The number of nitrogens with zero attached hydrogens (tertiary/aromatic N) is 1. The molecule has 0 radical (unpaired) electrons. The summed E-state index contributed by atoms with van der Waals surface area (Å²) in [6, 6.07) is 7.11. The third-order valence-electron chi connectivity index (χ3n) is 3.46. The molecule has 0 saturated carbocycles. The highest BCUT2D eigenvalue weighted by Crippen LogP contribution is 2.21. The van der Waals surface area contributed by atoms with Crippen LogP contribution in [0.25, 0.3) is 0 Å². The number of nitrogens with one attached hydrogen (secondary N) is 1. The van der Waals surface area contributed by atoms with Crippen molar-refractivity contribution in [1.82, 2.24) is 10.3 Å². The zero-order valence-corrected chi connectivity index (χ0v) is 13.5. The summed E-state index contributed by atoms with van der Waals surface area (Å²) in [6.07, 6.45) is 2.25. The van der Waals surface area contributed by atoms with Crippen LogP contribution < -0.4 is 10.1 Å². The lowest BCUT2D eigenvalue weighted by Gasteiger charge is -2.19. The zero-order valence-electron chi connectivity index (χ0n) is 12.7. The van der Waals surface area contributed by atoms with Gasteiger partial charge in [0.15, 0.2) is 0 Å². The van der Waals surface area contributed by atoms with Gasteiger partial charge in [-0.15, -0.1) is 11.3 Å². The number of hydrogen-bond acceptors (Lipinski definition) is 5. The minimum absolute atomic E-state index is 0.115. The highest BCUT2D eigenvalue weighted by molar-refractivity contribution is 7.09. The Balaban J connectivity index is 1.99. The van der Waals surface area contributed by atoms with Crippen molar-refractivity contribution in [3.63, 3.8) is 0 Å². The Morgan fingerprint density at radius 2 is 2.32 bits per heavy atom. The molecule has 1 heterocycles. The van der Waals surface area contributed by atoms with E-state index in [1.165, 1.54) is 11.3 Å². The predicted molar refractivity (Wildman–Crippen MR) is 86.2 cm³/mol. The van der Waals surface area contributed by atoms with Crippen LogP contribution in [0.15, 0.2) is 35.8 Å². The van der Waals surface area contributed by atoms with Crippen molar-refractivity contribution in [2.45, 2.75) is 25.3 Å². The number of aliphatic hydroxyl groups is 1. The summed E-state index contributed by atoms with van der Waals surface area (Å²) < 4.78 is 5.18. The molecule has 22 heavy (non-hydrogen) atoms. The second kappa shape index (κ2) is 7.91. The fourth-order valence-corrected chi connectivity index (χ4v) is 2.81. The van der Waals surface area contributed by atoms with Gasteiger partial charge in [-0.3, -0.25) is 4.79 Å². The first kappa shape index (κ1) is 16.5. The number of carbonyl (C=O) groups is 1. The van der Waals surface area contributed by atoms with E-state index in [1.54, 1.807) is 13.3 Å². The van der Waals surface area contributed by atoms with Gasteiger partial charge < -0.3 is 15.2 Å². The van der Waals surface area contributed by atoms with E-state index in [2.05, 4.69) is 10.3 Å². The third-order valence-corrected chi connectivity index (χ3v) is 4.26. The topological polar surface area (TPSA) is 71.5 Å². The van der Waals surface area contributed by atoms with Crippen LogP contribution in [0.4, 0.5) is 0 Å². The van der Waals surface area contributed by atoms with Crippen molar-refractivity contribution in [3.05, 3.63) is 46.4 Å². The Morgan fingerprint density at radius 1 is 1.50 bits per heavy atom. The summed E-state index contributed by atoms with van der Waals surface area (Å²) in [7, 11) is 1.60. The average Bonchev–Trinajstić information content (AvgIpc) is 3.06. The number of thiazole rings is 1. The van der Waals surface area contributed by atoms with Crippen LogP contribution in [-0.4, -0.2) is 35.8 Å². The maximum absolute atomic E-state index is 12.4. The summed E-state index contributed by atoms with van der Waals surface area (Å²) in [5, 5.41) is 15.1. The molecule has 0 spiro atoms. The first-order valence-electron chi connectivity index (χ1n) is 7.07. The van der Waals surface area contributed by atoms with E-state index in [0.29, 0.717) is 6.42 Å². The molecule has 2 N–H and O–H groups in total. The molecule has 1 aromatic heterocycles. The lowest BCUT2D eigenvalue weighted by Crippen LogP contribution is -2.41. The molecule has 0 saturated heterocycles. The number of rotatable bonds is 7. The third kappa shape index (κ3) is 4.29. The van der Waals surface area contributed by atoms with E-state index >= 15 is 0 Å². The molecule has 0 aliphatic rings. The Kier molecular flexibility index (Phi) is 5.91. The van der Waals surface area contributed by atoms with E-state index < -0.39 is 0 Å². The summed E-state index contributed by atoms with van der Waals surface area (Å²) in [5.74, 6) is 0.281. The minimum Gasteiger partial charge on any atom is -0.497 e. The van der Waals surface area contributed by atoms with Crippen LogP contribution in [0, 0.1) is 0 Å². The van der Waals surface area contributed by atoms with Gasteiger partial charge in [0.25, 0.3) is 0 Å². The number of amides is 1. The number of hydrogen-bond donors (Lipinski definition) is 2. The van der Waals surface area contributed by atoms with Crippen molar-refractivity contribution >= 4 is 17.2 Å². The monoisotopic (exact) mass is 320 g/mol. The molecule has 1 amide bonds. The van der Waals surface area contributed by atoms with Crippen LogP contribution in [0.1, 0.15) is 23.4 Å². The van der Waals surface area contributed by atoms with E-state index in [0.717, 1.165) is 16.3 Å². The largest absolute Gasteiger partial charge is 0.497 e. The van der Waals surface area contributed by atoms with E-state index in [-0.39, 0.29) is 24.5 Å². The zero-order chi connectivity index (χ0) is 15.9. The van der Waals surface area contributed by atoms with Gasteiger partial charge >= 0.3 is 0 Å². The Bertz CT molecular complexity index is 601. The first-order chi connectivity index (χ1) is 10.6. The van der Waals surface area contributed by atoms with E-state index in [9.17, 15) is 9.90 Å². The molecule has 2 rings (SSSR count). The van der Waals surface area contributed by atoms with Crippen LogP contribution in [0.5, 0.6) is 5.75 Å². The highest BCUT2D eigenvalue weighted by atomic mass is 32.1. The van der Waals surface area contributed by atoms with Crippen molar-refractivity contribution < 1.29 is 14.6 Å². The van der Waals surface area contributed by atoms with Gasteiger partial charge in [0.2, 0.25) is 5.91 Å². The molecule has 0 bridgehead atoms. The van der Waals surface area contributed by atoms with Gasteiger partial charge in [0, 0.05) is 18.0 Å².